The van der Waals surface area contributed by atoms with Crippen molar-refractivity contribution in [2.24, 2.45) is 7.05 Å². The van der Waals surface area contributed by atoms with Gasteiger partial charge in [-0.15, -0.1) is 20.4 Å². The van der Waals surface area contributed by atoms with E-state index in [0.717, 1.165) is 5.01 Å². The highest BCUT2D eigenvalue weighted by atomic mass is 32.2. The number of aromatic nitrogens is 5. The van der Waals surface area contributed by atoms with Crippen LogP contribution in [-0.2, 0) is 18.3 Å². The van der Waals surface area contributed by atoms with Crippen molar-refractivity contribution in [2.75, 3.05) is 24.7 Å². The molecule has 158 valence electrons. The number of amides is 2. The minimum atomic E-state index is -0.215. The van der Waals surface area contributed by atoms with Gasteiger partial charge in [-0.25, -0.2) is 0 Å². The summed E-state index contributed by atoms with van der Waals surface area (Å²) in [6.45, 7) is 2.21. The molecule has 2 heterocycles. The molecule has 30 heavy (non-hydrogen) atoms. The zero-order valence-electron chi connectivity index (χ0n) is 16.7. The van der Waals surface area contributed by atoms with Crippen LogP contribution >= 0.6 is 23.1 Å². The van der Waals surface area contributed by atoms with Crippen LogP contribution in [0.4, 0.5) is 5.13 Å². The number of carbonyl (C=O) groups excluding carboxylic acids is 2. The van der Waals surface area contributed by atoms with Crippen molar-refractivity contribution in [2.45, 2.75) is 18.5 Å². The third-order valence-electron chi connectivity index (χ3n) is 4.02. The van der Waals surface area contributed by atoms with Gasteiger partial charge in [0, 0.05) is 20.0 Å². The van der Waals surface area contributed by atoms with Gasteiger partial charge in [-0.2, -0.15) is 0 Å². The van der Waals surface area contributed by atoms with Crippen LogP contribution in [0.2, 0.25) is 0 Å². The van der Waals surface area contributed by atoms with Crippen LogP contribution in [0.25, 0.3) is 0 Å². The number of benzene rings is 1. The second-order valence-corrected chi connectivity index (χ2v) is 8.25. The Kier molecular flexibility index (Phi) is 7.36. The predicted molar refractivity (Wildman–Crippen MR) is 114 cm³/mol. The molecule has 0 saturated carbocycles. The van der Waals surface area contributed by atoms with E-state index in [-0.39, 0.29) is 17.6 Å². The van der Waals surface area contributed by atoms with Crippen LogP contribution in [-0.4, -0.2) is 56.2 Å². The Labute approximate surface area is 181 Å². The number of ether oxygens (including phenoxy) is 1. The maximum Gasteiger partial charge on any atom is 0.255 e. The molecule has 0 bridgehead atoms. The lowest BCUT2D eigenvalue weighted by Gasteiger charge is -2.09. The number of carbonyl (C=O) groups is 2. The molecule has 0 atom stereocenters. The number of nitrogens with zero attached hydrogens (tertiary/aromatic N) is 5. The van der Waals surface area contributed by atoms with Crippen LogP contribution in [0.15, 0.2) is 29.4 Å². The zero-order valence-corrected chi connectivity index (χ0v) is 18.3. The first kappa shape index (κ1) is 21.7. The molecule has 0 aliphatic heterocycles. The van der Waals surface area contributed by atoms with E-state index in [4.69, 9.17) is 4.74 Å². The molecule has 12 heteroatoms. The van der Waals surface area contributed by atoms with E-state index in [0.29, 0.717) is 40.4 Å². The van der Waals surface area contributed by atoms with E-state index in [2.05, 4.69) is 31.0 Å². The molecule has 0 radical (unpaired) electrons. The first-order valence-corrected chi connectivity index (χ1v) is 10.8. The summed E-state index contributed by atoms with van der Waals surface area (Å²) in [5.74, 6) is 1.000. The monoisotopic (exact) mass is 447 g/mol. The van der Waals surface area contributed by atoms with E-state index in [1.165, 1.54) is 30.2 Å². The Balaban J connectivity index is 1.48. The molecule has 0 unspecified atom stereocenters. The quantitative estimate of drug-likeness (QED) is 0.475. The van der Waals surface area contributed by atoms with Crippen LogP contribution in [0.1, 0.15) is 21.2 Å². The fourth-order valence-electron chi connectivity index (χ4n) is 2.54. The molecule has 0 aliphatic rings. The Morgan fingerprint density at radius 1 is 1.20 bits per heavy atom. The number of para-hydroxylation sites is 1. The molecule has 2 amide bonds. The summed E-state index contributed by atoms with van der Waals surface area (Å²) in [7, 11) is 3.35. The molecule has 0 spiro atoms. The molecule has 2 aromatic heterocycles. The van der Waals surface area contributed by atoms with Crippen molar-refractivity contribution in [3.8, 4) is 5.75 Å². The Morgan fingerprint density at radius 2 is 2.00 bits per heavy atom. The minimum Gasteiger partial charge on any atom is -0.496 e. The van der Waals surface area contributed by atoms with Crippen LogP contribution < -0.4 is 15.4 Å². The van der Waals surface area contributed by atoms with Crippen LogP contribution in [0.3, 0.4) is 0 Å². The minimum absolute atomic E-state index is 0.176. The molecule has 0 fully saturated rings. The van der Waals surface area contributed by atoms with Gasteiger partial charge in [0.05, 0.1) is 18.4 Å². The lowest BCUT2D eigenvalue weighted by Crippen LogP contribution is -2.26. The van der Waals surface area contributed by atoms with Gasteiger partial charge in [-0.05, 0) is 19.1 Å². The number of methoxy groups -OCH3 is 1. The Hall–Kier alpha value is -2.99. The third kappa shape index (κ3) is 5.54. The maximum absolute atomic E-state index is 12.3. The highest BCUT2D eigenvalue weighted by molar-refractivity contribution is 7.99. The molecular weight excluding hydrogens is 426 g/mol. The average Bonchev–Trinajstić information content (AvgIpc) is 3.31. The van der Waals surface area contributed by atoms with Crippen molar-refractivity contribution in [1.82, 2.24) is 30.3 Å². The van der Waals surface area contributed by atoms with Gasteiger partial charge in [-0.1, -0.05) is 35.2 Å². The number of anilines is 1. The summed E-state index contributed by atoms with van der Waals surface area (Å²) in [4.78, 5) is 24.4. The summed E-state index contributed by atoms with van der Waals surface area (Å²) in [6.07, 6.45) is 0.501. The highest BCUT2D eigenvalue weighted by Crippen LogP contribution is 2.19. The Bertz CT molecular complexity index is 1030. The van der Waals surface area contributed by atoms with Crippen LogP contribution in [0, 0.1) is 6.92 Å². The van der Waals surface area contributed by atoms with E-state index in [9.17, 15) is 9.59 Å². The number of hydrogen-bond donors (Lipinski definition) is 2. The molecule has 3 aromatic rings. The van der Waals surface area contributed by atoms with Gasteiger partial charge < -0.3 is 14.6 Å². The SMILES string of the molecule is COc1ccccc1C(=O)NCCc1nnc(SCC(=O)Nc2nnc(C)s2)n1C. The molecule has 0 aliphatic carbocycles. The summed E-state index contributed by atoms with van der Waals surface area (Å²) >= 11 is 2.59. The van der Waals surface area contributed by atoms with Crippen molar-refractivity contribution in [1.29, 1.82) is 0 Å². The molecule has 0 saturated heterocycles. The summed E-state index contributed by atoms with van der Waals surface area (Å²) in [6, 6.07) is 7.04. The van der Waals surface area contributed by atoms with Gasteiger partial charge in [0.15, 0.2) is 5.16 Å². The van der Waals surface area contributed by atoms with Gasteiger partial charge >= 0.3 is 0 Å². The zero-order chi connectivity index (χ0) is 21.5. The summed E-state index contributed by atoms with van der Waals surface area (Å²) in [5, 5.41) is 23.4. The van der Waals surface area contributed by atoms with Crippen molar-refractivity contribution in [3.05, 3.63) is 40.7 Å². The van der Waals surface area contributed by atoms with E-state index >= 15 is 0 Å². The van der Waals surface area contributed by atoms with Crippen molar-refractivity contribution < 1.29 is 14.3 Å². The normalized spacial score (nSPS) is 10.6. The third-order valence-corrected chi connectivity index (χ3v) is 5.79. The topological polar surface area (TPSA) is 124 Å². The van der Waals surface area contributed by atoms with Gasteiger partial charge in [0.25, 0.3) is 5.91 Å². The smallest absolute Gasteiger partial charge is 0.255 e. The number of thioether (sulfide) groups is 1. The lowest BCUT2D eigenvalue weighted by atomic mass is 10.2. The Morgan fingerprint density at radius 3 is 2.73 bits per heavy atom. The fourth-order valence-corrected chi connectivity index (χ4v) is 3.87. The van der Waals surface area contributed by atoms with Gasteiger partial charge in [0.2, 0.25) is 11.0 Å². The maximum atomic E-state index is 12.3. The summed E-state index contributed by atoms with van der Waals surface area (Å²) in [5.41, 5.74) is 0.478. The number of hydrogen-bond acceptors (Lipinski definition) is 9. The van der Waals surface area contributed by atoms with Gasteiger partial charge in [-0.3, -0.25) is 14.9 Å². The highest BCUT2D eigenvalue weighted by Gasteiger charge is 2.14. The molecule has 3 rings (SSSR count). The standard InChI is InChI=1S/C18H21N7O3S2/c1-11-21-23-17(30-11)20-15(26)10-29-18-24-22-14(25(18)2)8-9-19-16(27)12-6-4-5-7-13(12)28-3/h4-7H,8-10H2,1-3H3,(H,19,27)(H,20,23,26). The van der Waals surface area contributed by atoms with E-state index in [1.54, 1.807) is 18.2 Å². The predicted octanol–water partition coefficient (Wildman–Crippen LogP) is 1.69. The molecule has 1 aromatic carbocycles. The van der Waals surface area contributed by atoms with Gasteiger partial charge in [0.1, 0.15) is 16.6 Å². The lowest BCUT2D eigenvalue weighted by molar-refractivity contribution is -0.113. The fraction of sp³-hybridized carbons (Fsp3) is 0.333. The first-order chi connectivity index (χ1) is 14.5. The second kappa shape index (κ2) is 10.2. The largest absolute Gasteiger partial charge is 0.496 e. The first-order valence-electron chi connectivity index (χ1n) is 9.00. The number of aryl methyl sites for hydroxylation is 1. The molecular formula is C18H21N7O3S2. The van der Waals surface area contributed by atoms with Crippen molar-refractivity contribution in [3.63, 3.8) is 0 Å². The molecule has 10 nitrogen and oxygen atoms in total. The molecule has 2 N–H and O–H groups in total. The average molecular weight is 448 g/mol. The number of nitrogens with one attached hydrogen (secondary N) is 2. The summed E-state index contributed by atoms with van der Waals surface area (Å²) < 4.78 is 7.02. The number of rotatable bonds is 9. The van der Waals surface area contributed by atoms with E-state index in [1.807, 2.05) is 24.6 Å². The van der Waals surface area contributed by atoms with Crippen LogP contribution in [0.5, 0.6) is 5.75 Å². The van der Waals surface area contributed by atoms with Crippen molar-refractivity contribution >= 4 is 40.0 Å². The second-order valence-electron chi connectivity index (χ2n) is 6.13. The van der Waals surface area contributed by atoms with E-state index < -0.39 is 0 Å².